The molecular weight excluding hydrogens is 334 g/mol. The summed E-state index contributed by atoms with van der Waals surface area (Å²) in [6, 6.07) is 11.6. The lowest BCUT2D eigenvalue weighted by molar-refractivity contribution is 0.601. The maximum Gasteiger partial charge on any atom is 0.261 e. The highest BCUT2D eigenvalue weighted by molar-refractivity contribution is 7.92. The molecule has 2 aromatic rings. The Labute approximate surface area is 141 Å². The summed E-state index contributed by atoms with van der Waals surface area (Å²) in [7, 11) is -3.66. The van der Waals surface area contributed by atoms with Gasteiger partial charge in [-0.15, -0.1) is 11.6 Å². The van der Waals surface area contributed by atoms with Crippen LogP contribution < -0.4 is 10.5 Å². The van der Waals surface area contributed by atoms with Crippen LogP contribution in [0.1, 0.15) is 11.1 Å². The molecule has 0 amide bonds. The van der Waals surface area contributed by atoms with E-state index in [1.165, 1.54) is 12.1 Å². The van der Waals surface area contributed by atoms with Gasteiger partial charge < -0.3 is 5.73 Å². The molecule has 2 aromatic carbocycles. The SMILES string of the molecule is Cc1ccc(NS(=O)(=O)c2ccc(N=C(N)CCl)cc2)c(C)c1. The van der Waals surface area contributed by atoms with E-state index in [2.05, 4.69) is 9.71 Å². The van der Waals surface area contributed by atoms with Crippen LogP contribution in [-0.4, -0.2) is 20.1 Å². The number of benzene rings is 2. The molecule has 0 heterocycles. The number of nitrogens with zero attached hydrogens (tertiary/aromatic N) is 1. The number of amidine groups is 1. The quantitative estimate of drug-likeness (QED) is 0.492. The first-order chi connectivity index (χ1) is 10.8. The number of halogens is 1. The van der Waals surface area contributed by atoms with Crippen LogP contribution in [0.3, 0.4) is 0 Å². The van der Waals surface area contributed by atoms with Crippen LogP contribution in [0, 0.1) is 13.8 Å². The lowest BCUT2D eigenvalue weighted by Crippen LogP contribution is -2.14. The van der Waals surface area contributed by atoms with Crippen LogP contribution >= 0.6 is 11.6 Å². The van der Waals surface area contributed by atoms with Crippen molar-refractivity contribution in [2.45, 2.75) is 18.7 Å². The van der Waals surface area contributed by atoms with E-state index in [1.54, 1.807) is 18.2 Å². The van der Waals surface area contributed by atoms with E-state index in [0.29, 0.717) is 11.4 Å². The topological polar surface area (TPSA) is 84.5 Å². The van der Waals surface area contributed by atoms with Crippen molar-refractivity contribution < 1.29 is 8.42 Å². The second kappa shape index (κ2) is 7.02. The number of hydrogen-bond donors (Lipinski definition) is 2. The van der Waals surface area contributed by atoms with Crippen molar-refractivity contribution >= 4 is 38.8 Å². The Bertz CT molecular complexity index is 831. The molecular formula is C16H18ClN3O2S. The highest BCUT2D eigenvalue weighted by atomic mass is 35.5. The highest BCUT2D eigenvalue weighted by Gasteiger charge is 2.15. The van der Waals surface area contributed by atoms with Gasteiger partial charge in [-0.2, -0.15) is 0 Å². The van der Waals surface area contributed by atoms with Gasteiger partial charge in [0.15, 0.2) is 0 Å². The molecule has 0 aliphatic carbocycles. The first-order valence-corrected chi connectivity index (χ1v) is 8.93. The van der Waals surface area contributed by atoms with Crippen molar-refractivity contribution in [2.24, 2.45) is 10.7 Å². The molecule has 0 saturated heterocycles. The number of anilines is 1. The number of sulfonamides is 1. The first-order valence-electron chi connectivity index (χ1n) is 6.91. The van der Waals surface area contributed by atoms with Gasteiger partial charge in [-0.1, -0.05) is 17.7 Å². The molecule has 0 radical (unpaired) electrons. The molecule has 0 aromatic heterocycles. The van der Waals surface area contributed by atoms with Gasteiger partial charge in [0.1, 0.15) is 5.84 Å². The van der Waals surface area contributed by atoms with E-state index in [-0.39, 0.29) is 16.6 Å². The fourth-order valence-corrected chi connectivity index (χ4v) is 3.22. The van der Waals surface area contributed by atoms with Crippen LogP contribution in [0.5, 0.6) is 0 Å². The monoisotopic (exact) mass is 351 g/mol. The molecule has 0 bridgehead atoms. The minimum absolute atomic E-state index is 0.119. The molecule has 0 saturated carbocycles. The second-order valence-electron chi connectivity index (χ2n) is 5.15. The molecule has 2 rings (SSSR count). The summed E-state index contributed by atoms with van der Waals surface area (Å²) in [4.78, 5) is 4.21. The maximum absolute atomic E-state index is 12.4. The van der Waals surface area contributed by atoms with E-state index < -0.39 is 10.0 Å². The molecule has 0 aliphatic rings. The maximum atomic E-state index is 12.4. The van der Waals surface area contributed by atoms with Crippen molar-refractivity contribution in [1.82, 2.24) is 0 Å². The summed E-state index contributed by atoms with van der Waals surface area (Å²) in [5.41, 5.74) is 8.60. The fourth-order valence-electron chi connectivity index (χ4n) is 2.03. The fraction of sp³-hybridized carbons (Fsp3) is 0.188. The number of alkyl halides is 1. The number of nitrogens with two attached hydrogens (primary N) is 1. The van der Waals surface area contributed by atoms with Crippen LogP contribution in [0.4, 0.5) is 11.4 Å². The lowest BCUT2D eigenvalue weighted by atomic mass is 10.1. The van der Waals surface area contributed by atoms with Gasteiger partial charge in [-0.25, -0.2) is 13.4 Å². The largest absolute Gasteiger partial charge is 0.386 e. The van der Waals surface area contributed by atoms with E-state index in [9.17, 15) is 8.42 Å². The molecule has 7 heteroatoms. The Hall–Kier alpha value is -2.05. The molecule has 5 nitrogen and oxygen atoms in total. The van der Waals surface area contributed by atoms with Crippen LogP contribution in [0.15, 0.2) is 52.4 Å². The smallest absolute Gasteiger partial charge is 0.261 e. The average Bonchev–Trinajstić information content (AvgIpc) is 2.50. The zero-order valence-electron chi connectivity index (χ0n) is 12.9. The van der Waals surface area contributed by atoms with Gasteiger partial charge in [0.25, 0.3) is 10.0 Å². The minimum atomic E-state index is -3.66. The first kappa shape index (κ1) is 17.3. The normalized spacial score (nSPS) is 12.2. The van der Waals surface area contributed by atoms with E-state index in [4.69, 9.17) is 17.3 Å². The van der Waals surface area contributed by atoms with Gasteiger partial charge in [-0.3, -0.25) is 4.72 Å². The number of aliphatic imine (C=N–C) groups is 1. The predicted molar refractivity (Wildman–Crippen MR) is 95.2 cm³/mol. The zero-order chi connectivity index (χ0) is 17.0. The van der Waals surface area contributed by atoms with Crippen molar-refractivity contribution in [2.75, 3.05) is 10.6 Å². The van der Waals surface area contributed by atoms with Crippen LogP contribution in [-0.2, 0) is 10.0 Å². The van der Waals surface area contributed by atoms with Gasteiger partial charge in [0.2, 0.25) is 0 Å². The van der Waals surface area contributed by atoms with E-state index >= 15 is 0 Å². The third-order valence-electron chi connectivity index (χ3n) is 3.18. The molecule has 3 N–H and O–H groups in total. The summed E-state index contributed by atoms with van der Waals surface area (Å²) in [5, 5.41) is 0. The molecule has 0 fully saturated rings. The lowest BCUT2D eigenvalue weighted by Gasteiger charge is -2.11. The summed E-state index contributed by atoms with van der Waals surface area (Å²) >= 11 is 5.56. The Morgan fingerprint density at radius 2 is 1.83 bits per heavy atom. The molecule has 0 spiro atoms. The van der Waals surface area contributed by atoms with Gasteiger partial charge >= 0.3 is 0 Å². The Morgan fingerprint density at radius 1 is 1.17 bits per heavy atom. The van der Waals surface area contributed by atoms with E-state index in [0.717, 1.165) is 11.1 Å². The van der Waals surface area contributed by atoms with Crippen LogP contribution in [0.25, 0.3) is 0 Å². The Kier molecular flexibility index (Phi) is 5.28. The molecule has 0 aliphatic heterocycles. The summed E-state index contributed by atoms with van der Waals surface area (Å²) in [6.07, 6.45) is 0. The summed E-state index contributed by atoms with van der Waals surface area (Å²) < 4.78 is 27.5. The third-order valence-corrected chi connectivity index (χ3v) is 4.84. The third kappa shape index (κ3) is 4.46. The Balaban J connectivity index is 2.26. The van der Waals surface area contributed by atoms with Gasteiger partial charge in [0, 0.05) is 0 Å². The number of rotatable bonds is 5. The molecule has 0 unspecified atom stereocenters. The minimum Gasteiger partial charge on any atom is -0.386 e. The van der Waals surface area contributed by atoms with Gasteiger partial charge in [-0.05, 0) is 49.7 Å². The molecule has 122 valence electrons. The summed E-state index contributed by atoms with van der Waals surface area (Å²) in [5.74, 6) is 0.393. The van der Waals surface area contributed by atoms with Crippen LogP contribution in [0.2, 0.25) is 0 Å². The number of hydrogen-bond acceptors (Lipinski definition) is 3. The molecule has 23 heavy (non-hydrogen) atoms. The van der Waals surface area contributed by atoms with E-state index in [1.807, 2.05) is 26.0 Å². The zero-order valence-corrected chi connectivity index (χ0v) is 14.4. The average molecular weight is 352 g/mol. The predicted octanol–water partition coefficient (Wildman–Crippen LogP) is 3.33. The second-order valence-corrected chi connectivity index (χ2v) is 7.10. The highest BCUT2D eigenvalue weighted by Crippen LogP contribution is 2.22. The van der Waals surface area contributed by atoms with Gasteiger partial charge in [0.05, 0.1) is 22.2 Å². The van der Waals surface area contributed by atoms with Crippen molar-refractivity contribution in [1.29, 1.82) is 0 Å². The molecule has 0 atom stereocenters. The van der Waals surface area contributed by atoms with Crippen molar-refractivity contribution in [3.8, 4) is 0 Å². The number of nitrogens with one attached hydrogen (secondary N) is 1. The Morgan fingerprint density at radius 3 is 2.39 bits per heavy atom. The van der Waals surface area contributed by atoms with Crippen molar-refractivity contribution in [3.05, 3.63) is 53.6 Å². The van der Waals surface area contributed by atoms with Crippen molar-refractivity contribution in [3.63, 3.8) is 0 Å². The number of aryl methyl sites for hydroxylation is 2. The standard InChI is InChI=1S/C16H18ClN3O2S/c1-11-3-8-15(12(2)9-11)20-23(21,22)14-6-4-13(5-7-14)19-16(18)10-17/h3-9,20H,10H2,1-2H3,(H2,18,19). The summed E-state index contributed by atoms with van der Waals surface area (Å²) in [6.45, 7) is 3.81.